The molecule has 3 aromatic rings. The summed E-state index contributed by atoms with van der Waals surface area (Å²) in [5.74, 6) is 0.946. The minimum atomic E-state index is 0.262. The van der Waals surface area contributed by atoms with Crippen LogP contribution in [0.15, 0.2) is 66.7 Å². The van der Waals surface area contributed by atoms with Gasteiger partial charge < -0.3 is 10.2 Å². The predicted molar refractivity (Wildman–Crippen MR) is 100 cm³/mol. The second kappa shape index (κ2) is 7.02. The van der Waals surface area contributed by atoms with E-state index in [2.05, 4.69) is 70.9 Å². The first-order chi connectivity index (χ1) is 11.9. The van der Waals surface area contributed by atoms with Crippen LogP contribution in [-0.4, -0.2) is 29.5 Å². The van der Waals surface area contributed by atoms with Gasteiger partial charge in [0.2, 0.25) is 0 Å². The van der Waals surface area contributed by atoms with Gasteiger partial charge in [0.25, 0.3) is 0 Å². The second-order valence-corrected chi connectivity index (χ2v) is 6.50. The van der Waals surface area contributed by atoms with Gasteiger partial charge in [-0.3, -0.25) is 0 Å². The molecule has 1 aliphatic rings. The first-order valence-electron chi connectivity index (χ1n) is 8.78. The summed E-state index contributed by atoms with van der Waals surface area (Å²) in [7, 11) is 0. The van der Waals surface area contributed by atoms with Crippen LogP contribution >= 0.6 is 0 Å². The third-order valence-electron chi connectivity index (χ3n) is 4.76. The van der Waals surface area contributed by atoms with Crippen LogP contribution < -0.4 is 5.32 Å². The van der Waals surface area contributed by atoms with Crippen molar-refractivity contribution in [3.05, 3.63) is 72.3 Å². The van der Waals surface area contributed by atoms with Gasteiger partial charge >= 0.3 is 0 Å². The molecule has 1 fully saturated rings. The zero-order chi connectivity index (χ0) is 16.2. The number of anilines is 1. The fraction of sp³-hybridized carbons (Fsp3) is 0.286. The molecular formula is C21H23N3. The standard InChI is InChI=1S/C21H23N3/c1-2-8-17(9-3-1)20(16-24-14-6-7-15-24)23-21-13-12-18-10-4-5-11-19(18)22-21/h1-5,8-13,20H,6-7,14-16H2,(H,22,23). The maximum atomic E-state index is 4.79. The summed E-state index contributed by atoms with van der Waals surface area (Å²) in [6.45, 7) is 3.44. The third kappa shape index (κ3) is 3.41. The summed E-state index contributed by atoms with van der Waals surface area (Å²) in [6.07, 6.45) is 2.63. The van der Waals surface area contributed by atoms with Crippen molar-refractivity contribution in [1.29, 1.82) is 0 Å². The Morgan fingerprint density at radius 2 is 1.62 bits per heavy atom. The molecule has 2 heterocycles. The molecule has 0 spiro atoms. The lowest BCUT2D eigenvalue weighted by atomic mass is 10.1. The van der Waals surface area contributed by atoms with Gasteiger partial charge in [-0.2, -0.15) is 0 Å². The van der Waals surface area contributed by atoms with Gasteiger partial charge in [-0.1, -0.05) is 48.5 Å². The topological polar surface area (TPSA) is 28.2 Å². The molecule has 2 aromatic carbocycles. The van der Waals surface area contributed by atoms with E-state index in [0.29, 0.717) is 0 Å². The molecule has 0 bridgehead atoms. The number of rotatable bonds is 5. The van der Waals surface area contributed by atoms with Crippen molar-refractivity contribution < 1.29 is 0 Å². The summed E-state index contributed by atoms with van der Waals surface area (Å²) in [5, 5.41) is 4.84. The fourth-order valence-electron chi connectivity index (χ4n) is 3.47. The largest absolute Gasteiger partial charge is 0.362 e. The first kappa shape index (κ1) is 15.2. The number of hydrogen-bond acceptors (Lipinski definition) is 3. The smallest absolute Gasteiger partial charge is 0.127 e. The summed E-state index contributed by atoms with van der Waals surface area (Å²) < 4.78 is 0. The summed E-state index contributed by atoms with van der Waals surface area (Å²) in [5.41, 5.74) is 2.36. The minimum Gasteiger partial charge on any atom is -0.362 e. The van der Waals surface area contributed by atoms with E-state index in [4.69, 9.17) is 4.98 Å². The molecule has 24 heavy (non-hydrogen) atoms. The minimum absolute atomic E-state index is 0.262. The molecule has 1 aromatic heterocycles. The van der Waals surface area contributed by atoms with Crippen LogP contribution in [0.3, 0.4) is 0 Å². The SMILES string of the molecule is c1ccc(C(CN2CCCC2)Nc2ccc3ccccc3n2)cc1. The van der Waals surface area contributed by atoms with Crippen molar-refractivity contribution in [2.45, 2.75) is 18.9 Å². The maximum Gasteiger partial charge on any atom is 0.127 e. The van der Waals surface area contributed by atoms with E-state index in [1.165, 1.54) is 36.9 Å². The predicted octanol–water partition coefficient (Wildman–Crippen LogP) is 4.48. The van der Waals surface area contributed by atoms with Gasteiger partial charge in [-0.05, 0) is 49.7 Å². The first-order valence-corrected chi connectivity index (χ1v) is 8.78. The van der Waals surface area contributed by atoms with E-state index in [1.54, 1.807) is 0 Å². The van der Waals surface area contributed by atoms with Crippen molar-refractivity contribution in [3.8, 4) is 0 Å². The van der Waals surface area contributed by atoms with E-state index < -0.39 is 0 Å². The molecule has 0 aliphatic carbocycles. The zero-order valence-corrected chi connectivity index (χ0v) is 13.9. The number of nitrogens with zero attached hydrogens (tertiary/aromatic N) is 2. The lowest BCUT2D eigenvalue weighted by molar-refractivity contribution is 0.323. The average Bonchev–Trinajstić information content (AvgIpc) is 3.15. The van der Waals surface area contributed by atoms with Crippen LogP contribution in [0.2, 0.25) is 0 Å². The molecule has 0 amide bonds. The van der Waals surface area contributed by atoms with Crippen molar-refractivity contribution in [2.75, 3.05) is 25.0 Å². The number of hydrogen-bond donors (Lipinski definition) is 1. The summed E-state index contributed by atoms with van der Waals surface area (Å²) in [6, 6.07) is 23.5. The normalized spacial score (nSPS) is 16.3. The van der Waals surface area contributed by atoms with Crippen LogP contribution in [0.1, 0.15) is 24.4 Å². The Morgan fingerprint density at radius 1 is 0.875 bits per heavy atom. The monoisotopic (exact) mass is 317 g/mol. The molecular weight excluding hydrogens is 294 g/mol. The van der Waals surface area contributed by atoms with E-state index in [1.807, 2.05) is 6.07 Å². The highest BCUT2D eigenvalue weighted by molar-refractivity contribution is 5.80. The number of pyridine rings is 1. The van der Waals surface area contributed by atoms with Crippen LogP contribution in [0.5, 0.6) is 0 Å². The number of likely N-dealkylation sites (tertiary alicyclic amines) is 1. The third-order valence-corrected chi connectivity index (χ3v) is 4.76. The molecule has 1 aliphatic heterocycles. The highest BCUT2D eigenvalue weighted by Gasteiger charge is 2.19. The zero-order valence-electron chi connectivity index (χ0n) is 13.9. The highest BCUT2D eigenvalue weighted by atomic mass is 15.2. The molecule has 1 atom stereocenters. The van der Waals surface area contributed by atoms with Crippen LogP contribution in [0, 0.1) is 0 Å². The maximum absolute atomic E-state index is 4.79. The van der Waals surface area contributed by atoms with Crippen LogP contribution in [0.4, 0.5) is 5.82 Å². The quantitative estimate of drug-likeness (QED) is 0.752. The molecule has 122 valence electrons. The lowest BCUT2D eigenvalue weighted by Gasteiger charge is -2.25. The van der Waals surface area contributed by atoms with Gasteiger partial charge in [0.1, 0.15) is 5.82 Å². The molecule has 0 saturated carbocycles. The van der Waals surface area contributed by atoms with E-state index in [-0.39, 0.29) is 6.04 Å². The van der Waals surface area contributed by atoms with Crippen molar-refractivity contribution in [2.24, 2.45) is 0 Å². The van der Waals surface area contributed by atoms with Gasteiger partial charge in [0.05, 0.1) is 11.6 Å². The van der Waals surface area contributed by atoms with Crippen molar-refractivity contribution in [3.63, 3.8) is 0 Å². The van der Waals surface area contributed by atoms with E-state index in [9.17, 15) is 0 Å². The summed E-state index contributed by atoms with van der Waals surface area (Å²) in [4.78, 5) is 7.33. The van der Waals surface area contributed by atoms with E-state index in [0.717, 1.165) is 17.9 Å². The van der Waals surface area contributed by atoms with Crippen molar-refractivity contribution in [1.82, 2.24) is 9.88 Å². The Morgan fingerprint density at radius 3 is 2.46 bits per heavy atom. The van der Waals surface area contributed by atoms with Gasteiger partial charge in [0, 0.05) is 11.9 Å². The van der Waals surface area contributed by atoms with Crippen LogP contribution in [0.25, 0.3) is 10.9 Å². The molecule has 3 nitrogen and oxygen atoms in total. The Balaban J connectivity index is 1.59. The number of aromatic nitrogens is 1. The molecule has 4 rings (SSSR count). The average molecular weight is 317 g/mol. The molecule has 3 heteroatoms. The van der Waals surface area contributed by atoms with Gasteiger partial charge in [-0.25, -0.2) is 4.98 Å². The number of fused-ring (bicyclic) bond motifs is 1. The van der Waals surface area contributed by atoms with Gasteiger partial charge in [0.15, 0.2) is 0 Å². The van der Waals surface area contributed by atoms with Crippen LogP contribution in [-0.2, 0) is 0 Å². The number of para-hydroxylation sites is 1. The Labute approximate surface area is 143 Å². The molecule has 0 radical (unpaired) electrons. The summed E-state index contributed by atoms with van der Waals surface area (Å²) >= 11 is 0. The van der Waals surface area contributed by atoms with Crippen molar-refractivity contribution >= 4 is 16.7 Å². The Bertz CT molecular complexity index is 794. The Kier molecular flexibility index (Phi) is 4.43. The molecule has 1 saturated heterocycles. The number of nitrogens with one attached hydrogen (secondary N) is 1. The molecule has 1 N–H and O–H groups in total. The second-order valence-electron chi connectivity index (χ2n) is 6.50. The fourth-order valence-corrected chi connectivity index (χ4v) is 3.47. The molecule has 1 unspecified atom stereocenters. The lowest BCUT2D eigenvalue weighted by Crippen LogP contribution is -2.29. The Hall–Kier alpha value is -2.39. The van der Waals surface area contributed by atoms with E-state index >= 15 is 0 Å². The number of benzene rings is 2. The highest BCUT2D eigenvalue weighted by Crippen LogP contribution is 2.23. The van der Waals surface area contributed by atoms with Gasteiger partial charge in [-0.15, -0.1) is 0 Å².